The van der Waals surface area contributed by atoms with Crippen molar-refractivity contribution in [3.8, 4) is 0 Å². The standard InChI is InChI=1S/C20H43ClO8Si/c1-22-6-7-24-10-11-26-14-15-28-18-19-29-17-16-27-13-12-25-9-8-23-5-4-20-30(2,3)21/h4-20H2,1-3H3. The topological polar surface area (TPSA) is 73.8 Å². The molecule has 0 aromatic heterocycles. The van der Waals surface area contributed by atoms with Gasteiger partial charge in [-0.25, -0.2) is 0 Å². The van der Waals surface area contributed by atoms with Crippen molar-refractivity contribution < 1.29 is 37.9 Å². The quantitative estimate of drug-likeness (QED) is 0.113. The Hall–Kier alpha value is 0.187. The Labute approximate surface area is 188 Å². The molecule has 0 bridgehead atoms. The molecule has 8 nitrogen and oxygen atoms in total. The Morgan fingerprint density at radius 3 is 1.00 bits per heavy atom. The Morgan fingerprint density at radius 1 is 0.467 bits per heavy atom. The van der Waals surface area contributed by atoms with Crippen LogP contribution in [-0.4, -0.2) is 114 Å². The van der Waals surface area contributed by atoms with Gasteiger partial charge in [0.1, 0.15) is 0 Å². The van der Waals surface area contributed by atoms with Gasteiger partial charge >= 0.3 is 0 Å². The van der Waals surface area contributed by atoms with Crippen LogP contribution in [0.3, 0.4) is 0 Å². The van der Waals surface area contributed by atoms with E-state index in [0.29, 0.717) is 92.5 Å². The summed E-state index contributed by atoms with van der Waals surface area (Å²) in [5.41, 5.74) is 0. The molecule has 30 heavy (non-hydrogen) atoms. The van der Waals surface area contributed by atoms with E-state index in [1.165, 1.54) is 0 Å². The van der Waals surface area contributed by atoms with Crippen molar-refractivity contribution in [1.29, 1.82) is 0 Å². The molecule has 0 aromatic rings. The molecule has 0 aliphatic rings. The lowest BCUT2D eigenvalue weighted by Gasteiger charge is -2.12. The molecule has 10 heteroatoms. The third-order valence-corrected chi connectivity index (χ3v) is 5.83. The molecule has 0 atom stereocenters. The molecule has 0 radical (unpaired) electrons. The third-order valence-electron chi connectivity index (χ3n) is 3.72. The summed E-state index contributed by atoms with van der Waals surface area (Å²) in [6.07, 6.45) is 1.02. The smallest absolute Gasteiger partial charge is 0.150 e. The van der Waals surface area contributed by atoms with Gasteiger partial charge in [0.15, 0.2) is 7.38 Å². The van der Waals surface area contributed by atoms with Gasteiger partial charge in [-0.3, -0.25) is 0 Å². The number of rotatable bonds is 25. The van der Waals surface area contributed by atoms with Crippen LogP contribution in [0.15, 0.2) is 0 Å². The first-order valence-corrected chi connectivity index (χ1v) is 15.0. The molecule has 0 unspecified atom stereocenters. The van der Waals surface area contributed by atoms with Crippen LogP contribution >= 0.6 is 11.1 Å². The second-order valence-corrected chi connectivity index (χ2v) is 14.1. The van der Waals surface area contributed by atoms with Crippen LogP contribution in [0.25, 0.3) is 0 Å². The van der Waals surface area contributed by atoms with Gasteiger partial charge in [-0.2, -0.15) is 11.1 Å². The monoisotopic (exact) mass is 474 g/mol. The number of halogens is 1. The lowest BCUT2D eigenvalue weighted by atomic mass is 10.5. The molecule has 0 aromatic carbocycles. The summed E-state index contributed by atoms with van der Waals surface area (Å²) in [6, 6.07) is 1.08. The predicted molar refractivity (Wildman–Crippen MR) is 120 cm³/mol. The van der Waals surface area contributed by atoms with Crippen LogP contribution in [-0.2, 0) is 37.9 Å². The van der Waals surface area contributed by atoms with Crippen molar-refractivity contribution in [2.45, 2.75) is 25.6 Å². The maximum Gasteiger partial charge on any atom is 0.150 e. The largest absolute Gasteiger partial charge is 0.382 e. The van der Waals surface area contributed by atoms with E-state index in [1.54, 1.807) is 7.11 Å². The minimum absolute atomic E-state index is 0.542. The van der Waals surface area contributed by atoms with Crippen molar-refractivity contribution >= 4 is 18.5 Å². The fourth-order valence-corrected chi connectivity index (χ4v) is 3.54. The van der Waals surface area contributed by atoms with Crippen LogP contribution in [0.2, 0.25) is 19.1 Å². The van der Waals surface area contributed by atoms with E-state index in [0.717, 1.165) is 19.1 Å². The Balaban J connectivity index is 3.02. The molecule has 0 saturated carbocycles. The highest BCUT2D eigenvalue weighted by molar-refractivity contribution is 7.19. The van der Waals surface area contributed by atoms with Crippen LogP contribution in [0.4, 0.5) is 0 Å². The van der Waals surface area contributed by atoms with E-state index < -0.39 is 7.38 Å². The lowest BCUT2D eigenvalue weighted by molar-refractivity contribution is -0.0221. The fourth-order valence-electron chi connectivity index (χ4n) is 2.16. The number of hydrogen-bond donors (Lipinski definition) is 0. The Morgan fingerprint density at radius 2 is 0.733 bits per heavy atom. The highest BCUT2D eigenvalue weighted by Gasteiger charge is 2.15. The normalized spacial score (nSPS) is 12.0. The Bertz CT molecular complexity index is 334. The van der Waals surface area contributed by atoms with Crippen molar-refractivity contribution in [1.82, 2.24) is 0 Å². The zero-order valence-corrected chi connectivity index (χ0v) is 20.9. The van der Waals surface area contributed by atoms with E-state index in [2.05, 4.69) is 13.1 Å². The van der Waals surface area contributed by atoms with Crippen LogP contribution < -0.4 is 0 Å². The summed E-state index contributed by atoms with van der Waals surface area (Å²) in [4.78, 5) is 0. The van der Waals surface area contributed by atoms with E-state index in [4.69, 9.17) is 49.0 Å². The minimum Gasteiger partial charge on any atom is -0.382 e. The van der Waals surface area contributed by atoms with Crippen LogP contribution in [0.1, 0.15) is 6.42 Å². The van der Waals surface area contributed by atoms with Crippen LogP contribution in [0, 0.1) is 0 Å². The van der Waals surface area contributed by atoms with E-state index in [9.17, 15) is 0 Å². The molecule has 0 N–H and O–H groups in total. The van der Waals surface area contributed by atoms with Gasteiger partial charge in [-0.05, 0) is 12.5 Å². The first-order valence-electron chi connectivity index (χ1n) is 10.8. The van der Waals surface area contributed by atoms with Crippen molar-refractivity contribution in [3.63, 3.8) is 0 Å². The summed E-state index contributed by atoms with van der Waals surface area (Å²) in [5.74, 6) is 0. The number of ether oxygens (including phenoxy) is 8. The summed E-state index contributed by atoms with van der Waals surface area (Å²) in [5, 5.41) is 0. The van der Waals surface area contributed by atoms with E-state index in [-0.39, 0.29) is 0 Å². The third kappa shape index (κ3) is 28.2. The van der Waals surface area contributed by atoms with Gasteiger partial charge in [0.2, 0.25) is 0 Å². The van der Waals surface area contributed by atoms with Gasteiger partial charge in [0.25, 0.3) is 0 Å². The second-order valence-electron chi connectivity index (χ2n) is 7.10. The zero-order valence-electron chi connectivity index (χ0n) is 19.2. The average molecular weight is 475 g/mol. The van der Waals surface area contributed by atoms with Gasteiger partial charge in [0, 0.05) is 13.7 Å². The maximum absolute atomic E-state index is 6.25. The van der Waals surface area contributed by atoms with Crippen molar-refractivity contribution in [3.05, 3.63) is 0 Å². The average Bonchev–Trinajstić information content (AvgIpc) is 2.70. The number of methoxy groups -OCH3 is 1. The van der Waals surface area contributed by atoms with E-state index in [1.807, 2.05) is 0 Å². The summed E-state index contributed by atoms with van der Waals surface area (Å²) in [7, 11) is 0.189. The molecular formula is C20H43ClO8Si. The first kappa shape index (κ1) is 30.2. The molecule has 0 amide bonds. The molecule has 0 heterocycles. The second kappa shape index (κ2) is 23.8. The minimum atomic E-state index is -1.46. The molecular weight excluding hydrogens is 432 g/mol. The zero-order chi connectivity index (χ0) is 22.2. The lowest BCUT2D eigenvalue weighted by Crippen LogP contribution is -2.17. The molecule has 0 aliphatic heterocycles. The molecule has 0 spiro atoms. The van der Waals surface area contributed by atoms with Crippen molar-refractivity contribution in [2.75, 3.05) is 106 Å². The molecule has 0 fully saturated rings. The summed E-state index contributed by atoms with van der Waals surface area (Å²) < 4.78 is 42.8. The van der Waals surface area contributed by atoms with Gasteiger partial charge in [0.05, 0.1) is 92.5 Å². The molecule has 0 saturated heterocycles. The van der Waals surface area contributed by atoms with Gasteiger partial charge < -0.3 is 37.9 Å². The summed E-state index contributed by atoms with van der Waals surface area (Å²) >= 11 is 6.25. The van der Waals surface area contributed by atoms with Gasteiger partial charge in [-0.15, -0.1) is 0 Å². The van der Waals surface area contributed by atoms with E-state index >= 15 is 0 Å². The van der Waals surface area contributed by atoms with Gasteiger partial charge in [-0.1, -0.05) is 13.1 Å². The maximum atomic E-state index is 6.25. The predicted octanol–water partition coefficient (Wildman–Crippen LogP) is 2.58. The summed E-state index contributed by atoms with van der Waals surface area (Å²) in [6.45, 7) is 13.0. The molecule has 0 rings (SSSR count). The Kier molecular flexibility index (Phi) is 24.0. The first-order chi connectivity index (χ1) is 14.6. The molecule has 182 valence electrons. The molecule has 0 aliphatic carbocycles. The number of hydrogen-bond acceptors (Lipinski definition) is 8. The fraction of sp³-hybridized carbons (Fsp3) is 1.00. The highest BCUT2D eigenvalue weighted by atomic mass is 35.6. The highest BCUT2D eigenvalue weighted by Crippen LogP contribution is 2.15. The van der Waals surface area contributed by atoms with Crippen LogP contribution in [0.5, 0.6) is 0 Å². The van der Waals surface area contributed by atoms with Crippen molar-refractivity contribution in [2.24, 2.45) is 0 Å². The SMILES string of the molecule is COCCOCCOCCOCCOCCOCCOCCOCCC[Si](C)(C)Cl.